The Hall–Kier alpha value is -1.75. The Morgan fingerprint density at radius 2 is 2.00 bits per heavy atom. The van der Waals surface area contributed by atoms with Gasteiger partial charge in [0, 0.05) is 26.2 Å². The fourth-order valence-corrected chi connectivity index (χ4v) is 2.08. The molecule has 0 heterocycles. The second-order valence-corrected chi connectivity index (χ2v) is 5.99. The molecule has 0 radical (unpaired) electrons. The van der Waals surface area contributed by atoms with Crippen molar-refractivity contribution < 1.29 is 4.74 Å². The van der Waals surface area contributed by atoms with E-state index in [4.69, 9.17) is 4.74 Å². The van der Waals surface area contributed by atoms with Crippen molar-refractivity contribution in [2.24, 2.45) is 4.99 Å². The van der Waals surface area contributed by atoms with Crippen molar-refractivity contribution in [1.82, 2.24) is 15.5 Å². The van der Waals surface area contributed by atoms with Crippen molar-refractivity contribution in [3.8, 4) is 5.75 Å². The van der Waals surface area contributed by atoms with Crippen LogP contribution in [0.2, 0.25) is 0 Å². The Morgan fingerprint density at radius 3 is 2.59 bits per heavy atom. The first-order valence-electron chi connectivity index (χ1n) is 8.01. The van der Waals surface area contributed by atoms with Gasteiger partial charge in [-0.25, -0.2) is 0 Å². The Balaban J connectivity index is 1.69. The van der Waals surface area contributed by atoms with Crippen LogP contribution in [0.25, 0.3) is 0 Å². The standard InChI is InChI=1S/C17H28N4O/c1-18-17(20-15-7-8-15)19-13-14-5-9-16(10-6-14)22-12-4-11-21(2)3/h5-6,9-10,15H,4,7-8,11-13H2,1-3H3,(H2,18,19,20). The molecule has 1 aliphatic carbocycles. The summed E-state index contributed by atoms with van der Waals surface area (Å²) < 4.78 is 5.74. The highest BCUT2D eigenvalue weighted by Gasteiger charge is 2.21. The van der Waals surface area contributed by atoms with E-state index in [9.17, 15) is 0 Å². The summed E-state index contributed by atoms with van der Waals surface area (Å²) >= 11 is 0. The molecule has 0 aromatic heterocycles. The molecule has 2 N–H and O–H groups in total. The summed E-state index contributed by atoms with van der Waals surface area (Å²) in [6, 6.07) is 8.87. The highest BCUT2D eigenvalue weighted by Crippen LogP contribution is 2.18. The first-order valence-corrected chi connectivity index (χ1v) is 8.01. The third kappa shape index (κ3) is 6.35. The molecule has 0 saturated heterocycles. The Labute approximate surface area is 133 Å². The fraction of sp³-hybridized carbons (Fsp3) is 0.588. The summed E-state index contributed by atoms with van der Waals surface area (Å²) in [6.07, 6.45) is 3.54. The molecular weight excluding hydrogens is 276 g/mol. The first kappa shape index (κ1) is 16.6. The summed E-state index contributed by atoms with van der Waals surface area (Å²) in [7, 11) is 5.96. The lowest BCUT2D eigenvalue weighted by Crippen LogP contribution is -2.38. The van der Waals surface area contributed by atoms with E-state index in [-0.39, 0.29) is 0 Å². The molecule has 0 bridgehead atoms. The zero-order chi connectivity index (χ0) is 15.8. The Morgan fingerprint density at radius 1 is 1.27 bits per heavy atom. The number of rotatable bonds is 8. The molecule has 0 spiro atoms. The normalized spacial score (nSPS) is 15.0. The van der Waals surface area contributed by atoms with E-state index in [1.807, 2.05) is 19.2 Å². The summed E-state index contributed by atoms with van der Waals surface area (Å²) in [5.41, 5.74) is 1.22. The maximum atomic E-state index is 5.74. The van der Waals surface area contributed by atoms with Gasteiger partial charge in [0.05, 0.1) is 6.61 Å². The summed E-state index contributed by atoms with van der Waals surface area (Å²) in [6.45, 7) is 2.58. The molecule has 122 valence electrons. The van der Waals surface area contributed by atoms with Crippen LogP contribution in [0, 0.1) is 0 Å². The average molecular weight is 304 g/mol. The van der Waals surface area contributed by atoms with Crippen molar-refractivity contribution in [1.29, 1.82) is 0 Å². The van der Waals surface area contributed by atoms with Crippen molar-refractivity contribution in [3.63, 3.8) is 0 Å². The lowest BCUT2D eigenvalue weighted by molar-refractivity contribution is 0.281. The quantitative estimate of drug-likeness (QED) is 0.437. The molecule has 1 aliphatic rings. The smallest absolute Gasteiger partial charge is 0.191 e. The van der Waals surface area contributed by atoms with Crippen molar-refractivity contribution >= 4 is 5.96 Å². The van der Waals surface area contributed by atoms with Crippen molar-refractivity contribution in [2.45, 2.75) is 31.8 Å². The molecule has 0 unspecified atom stereocenters. The van der Waals surface area contributed by atoms with Gasteiger partial charge in [0.15, 0.2) is 5.96 Å². The highest BCUT2D eigenvalue weighted by molar-refractivity contribution is 5.80. The summed E-state index contributed by atoms with van der Waals surface area (Å²) in [5.74, 6) is 1.81. The monoisotopic (exact) mass is 304 g/mol. The van der Waals surface area contributed by atoms with E-state index in [1.165, 1.54) is 18.4 Å². The van der Waals surface area contributed by atoms with Crippen LogP contribution in [-0.4, -0.2) is 51.2 Å². The SMILES string of the molecule is CN=C(NCc1ccc(OCCCN(C)C)cc1)NC1CC1. The van der Waals surface area contributed by atoms with Gasteiger partial charge in [-0.1, -0.05) is 12.1 Å². The van der Waals surface area contributed by atoms with Gasteiger partial charge in [-0.15, -0.1) is 0 Å². The van der Waals surface area contributed by atoms with E-state index in [1.54, 1.807) is 0 Å². The van der Waals surface area contributed by atoms with E-state index >= 15 is 0 Å². The van der Waals surface area contributed by atoms with E-state index in [2.05, 4.69) is 46.8 Å². The van der Waals surface area contributed by atoms with Gasteiger partial charge >= 0.3 is 0 Å². The van der Waals surface area contributed by atoms with Gasteiger partial charge in [-0.2, -0.15) is 0 Å². The second kappa shape index (κ2) is 8.63. The maximum Gasteiger partial charge on any atom is 0.191 e. The zero-order valence-electron chi connectivity index (χ0n) is 13.9. The number of hydrogen-bond donors (Lipinski definition) is 2. The topological polar surface area (TPSA) is 48.9 Å². The van der Waals surface area contributed by atoms with Crippen LogP contribution < -0.4 is 15.4 Å². The predicted molar refractivity (Wildman–Crippen MR) is 91.5 cm³/mol. The number of nitrogens with one attached hydrogen (secondary N) is 2. The lowest BCUT2D eigenvalue weighted by atomic mass is 10.2. The third-order valence-electron chi connectivity index (χ3n) is 3.54. The molecule has 1 fully saturated rings. The minimum Gasteiger partial charge on any atom is -0.494 e. The van der Waals surface area contributed by atoms with E-state index < -0.39 is 0 Å². The minimum absolute atomic E-state index is 0.615. The molecular formula is C17H28N4O. The van der Waals surface area contributed by atoms with Gasteiger partial charge in [-0.05, 0) is 51.1 Å². The minimum atomic E-state index is 0.615. The largest absolute Gasteiger partial charge is 0.494 e. The van der Waals surface area contributed by atoms with Crippen LogP contribution in [-0.2, 0) is 6.54 Å². The second-order valence-electron chi connectivity index (χ2n) is 5.99. The third-order valence-corrected chi connectivity index (χ3v) is 3.54. The van der Waals surface area contributed by atoms with Gasteiger partial charge in [0.25, 0.3) is 0 Å². The Bertz CT molecular complexity index is 466. The first-order chi connectivity index (χ1) is 10.7. The van der Waals surface area contributed by atoms with Crippen LogP contribution in [0.15, 0.2) is 29.3 Å². The van der Waals surface area contributed by atoms with Gasteiger partial charge in [0.1, 0.15) is 5.75 Å². The molecule has 0 atom stereocenters. The molecule has 1 aromatic rings. The molecule has 0 aliphatic heterocycles. The fourth-order valence-electron chi connectivity index (χ4n) is 2.08. The lowest BCUT2D eigenvalue weighted by Gasteiger charge is -2.12. The molecule has 0 amide bonds. The molecule has 1 saturated carbocycles. The van der Waals surface area contributed by atoms with E-state index in [0.29, 0.717) is 6.04 Å². The number of ether oxygens (including phenoxy) is 1. The number of hydrogen-bond acceptors (Lipinski definition) is 3. The van der Waals surface area contributed by atoms with Gasteiger partial charge < -0.3 is 20.3 Å². The Kier molecular flexibility index (Phi) is 6.52. The number of nitrogens with zero attached hydrogens (tertiary/aromatic N) is 2. The molecule has 22 heavy (non-hydrogen) atoms. The van der Waals surface area contributed by atoms with Crippen LogP contribution in [0.4, 0.5) is 0 Å². The van der Waals surface area contributed by atoms with Crippen molar-refractivity contribution in [3.05, 3.63) is 29.8 Å². The number of benzene rings is 1. The van der Waals surface area contributed by atoms with Crippen molar-refractivity contribution in [2.75, 3.05) is 34.3 Å². The van der Waals surface area contributed by atoms with Gasteiger partial charge in [0.2, 0.25) is 0 Å². The van der Waals surface area contributed by atoms with Crippen LogP contribution in [0.5, 0.6) is 5.75 Å². The van der Waals surface area contributed by atoms with E-state index in [0.717, 1.165) is 37.8 Å². The highest BCUT2D eigenvalue weighted by atomic mass is 16.5. The molecule has 5 nitrogen and oxygen atoms in total. The average Bonchev–Trinajstić information content (AvgIpc) is 3.33. The zero-order valence-corrected chi connectivity index (χ0v) is 13.9. The predicted octanol–water partition coefficient (Wildman–Crippen LogP) is 1.84. The van der Waals surface area contributed by atoms with Gasteiger partial charge in [-0.3, -0.25) is 4.99 Å². The van der Waals surface area contributed by atoms with Crippen LogP contribution in [0.1, 0.15) is 24.8 Å². The maximum absolute atomic E-state index is 5.74. The van der Waals surface area contributed by atoms with Crippen LogP contribution >= 0.6 is 0 Å². The van der Waals surface area contributed by atoms with Crippen LogP contribution in [0.3, 0.4) is 0 Å². The molecule has 1 aromatic carbocycles. The molecule has 2 rings (SSSR count). The summed E-state index contributed by atoms with van der Waals surface area (Å²) in [5, 5.41) is 6.71. The number of aliphatic imine (C=N–C) groups is 1. The molecule has 5 heteroatoms. The number of guanidine groups is 1. The summed E-state index contributed by atoms with van der Waals surface area (Å²) in [4.78, 5) is 6.40.